The first kappa shape index (κ1) is 42.9. The third-order valence-electron chi connectivity index (χ3n) is 1.11. The molecule has 0 saturated carbocycles. The largest absolute Gasteiger partial charge is 0.214 e. The summed E-state index contributed by atoms with van der Waals surface area (Å²) < 4.78 is 30.0. The van der Waals surface area contributed by atoms with Gasteiger partial charge in [0.05, 0.1) is 0 Å². The van der Waals surface area contributed by atoms with E-state index in [-0.39, 0.29) is 34.1 Å². The molecular formula is C17H14Mn2O4-2. The molecule has 0 amide bonds. The fourth-order valence-corrected chi connectivity index (χ4v) is 0.642. The van der Waals surface area contributed by atoms with E-state index in [1.807, 2.05) is 60.7 Å². The van der Waals surface area contributed by atoms with Gasteiger partial charge in [-0.15, -0.1) is 5.73 Å². The molecule has 0 spiro atoms. The van der Waals surface area contributed by atoms with Crippen LogP contribution in [-0.2, 0) is 52.7 Å². The Morgan fingerprint density at radius 1 is 0.565 bits per heavy atom. The Morgan fingerprint density at radius 2 is 0.696 bits per heavy atom. The summed E-state index contributed by atoms with van der Waals surface area (Å²) in [4.78, 5) is 0. The van der Waals surface area contributed by atoms with Crippen molar-refractivity contribution in [2.75, 3.05) is 0 Å². The fourth-order valence-electron chi connectivity index (χ4n) is 0.642. The molecule has 4 nitrogen and oxygen atoms in total. The van der Waals surface area contributed by atoms with Crippen LogP contribution >= 0.6 is 0 Å². The van der Waals surface area contributed by atoms with Crippen molar-refractivity contribution in [2.45, 2.75) is 0 Å². The summed E-state index contributed by atoms with van der Waals surface area (Å²) >= 11 is 0. The maximum absolute atomic E-state index is 7.50. The molecule has 0 heterocycles. The van der Waals surface area contributed by atoms with E-state index in [0.29, 0.717) is 0 Å². The van der Waals surface area contributed by atoms with Gasteiger partial charge in [0.25, 0.3) is 0 Å². The van der Waals surface area contributed by atoms with E-state index in [1.54, 1.807) is 0 Å². The molecule has 2 aromatic rings. The van der Waals surface area contributed by atoms with E-state index >= 15 is 0 Å². The molecule has 2 radical (unpaired) electrons. The third-order valence-corrected chi connectivity index (χ3v) is 1.11. The Kier molecular flexibility index (Phi) is 164. The van der Waals surface area contributed by atoms with Crippen molar-refractivity contribution in [3.63, 3.8) is 0 Å². The maximum atomic E-state index is 7.50. The molecular weight excluding hydrogens is 378 g/mol. The van der Waals surface area contributed by atoms with Crippen LogP contribution in [0, 0.1) is 26.6 Å². The van der Waals surface area contributed by atoms with Crippen LogP contribution < -0.4 is 0 Å². The first-order valence-electron chi connectivity index (χ1n) is 4.86. The molecule has 0 N–H and O–H groups in total. The second kappa shape index (κ2) is 87.9. The van der Waals surface area contributed by atoms with Gasteiger partial charge >= 0.3 is 45.2 Å². The minimum Gasteiger partial charge on any atom is -0.214 e. The van der Waals surface area contributed by atoms with E-state index in [0.717, 1.165) is 0 Å². The fraction of sp³-hybridized carbons (Fsp3) is 0. The van der Waals surface area contributed by atoms with Crippen molar-refractivity contribution >= 4 is 0 Å². The van der Waals surface area contributed by atoms with Gasteiger partial charge in [-0.25, -0.2) is 24.3 Å². The number of hydrogen-bond donors (Lipinski definition) is 0. The summed E-state index contributed by atoms with van der Waals surface area (Å²) in [5, 5.41) is 0. The van der Waals surface area contributed by atoms with Crippen LogP contribution in [0.4, 0.5) is 0 Å². The molecule has 122 valence electrons. The predicted octanol–water partition coefficient (Wildman–Crippen LogP) is 3.61. The van der Waals surface area contributed by atoms with Gasteiger partial charge in [0.2, 0.25) is 0 Å². The van der Waals surface area contributed by atoms with Gasteiger partial charge in [0, 0.05) is 34.1 Å². The Balaban J connectivity index is -0.0000000271. The second-order valence-electron chi connectivity index (χ2n) is 2.17. The normalized spacial score (nSPS) is 4.17. The van der Waals surface area contributed by atoms with E-state index in [1.165, 1.54) is 0 Å². The van der Waals surface area contributed by atoms with Crippen molar-refractivity contribution < 1.29 is 52.7 Å². The molecule has 23 heavy (non-hydrogen) atoms. The van der Waals surface area contributed by atoms with Crippen LogP contribution in [0.15, 0.2) is 79.6 Å². The quantitative estimate of drug-likeness (QED) is 0.284. The summed E-state index contributed by atoms with van der Waals surface area (Å²) in [5.74, 6) is 0. The third kappa shape index (κ3) is 99.4. The van der Waals surface area contributed by atoms with Crippen LogP contribution in [0.3, 0.4) is 0 Å². The van der Waals surface area contributed by atoms with Crippen molar-refractivity contribution in [3.05, 3.63) is 106 Å². The zero-order chi connectivity index (χ0) is 17.8. The first-order chi connectivity index (χ1) is 10.4. The van der Waals surface area contributed by atoms with Crippen LogP contribution in [0.2, 0.25) is 0 Å². The zero-order valence-electron chi connectivity index (χ0n) is 12.1. The van der Waals surface area contributed by atoms with Crippen molar-refractivity contribution in [1.29, 1.82) is 0 Å². The van der Waals surface area contributed by atoms with E-state index in [2.05, 4.69) is 45.5 Å². The minimum atomic E-state index is 0. The Bertz CT molecular complexity index is 347. The molecule has 0 aliphatic rings. The SMILES string of the molecule is C=C=C.[C-]#[O+].[C-]#[O+].[C-]#[O+].[C-]#[O+].[Mn].[Mn].c1cc[cH-]c1.c1cc[cH-]c1. The minimum absolute atomic E-state index is 0. The average Bonchev–Trinajstić information content (AvgIpc) is 3.33. The first-order valence-corrected chi connectivity index (χ1v) is 4.86. The number of rotatable bonds is 0. The summed E-state index contributed by atoms with van der Waals surface area (Å²) in [5.41, 5.74) is 2.25. The molecule has 0 aliphatic heterocycles. The van der Waals surface area contributed by atoms with E-state index < -0.39 is 0 Å². The van der Waals surface area contributed by atoms with Gasteiger partial charge < -0.3 is 0 Å². The Hall–Kier alpha value is -1.78. The summed E-state index contributed by atoms with van der Waals surface area (Å²) in [6, 6.07) is 20.0. The average molecular weight is 392 g/mol. The monoisotopic (exact) mass is 392 g/mol. The maximum Gasteiger partial charge on any atom is 0 e. The van der Waals surface area contributed by atoms with E-state index in [4.69, 9.17) is 18.6 Å². The number of hydrogen-bond acceptors (Lipinski definition) is 0. The molecule has 2 rings (SSSR count). The van der Waals surface area contributed by atoms with Crippen molar-refractivity contribution in [2.24, 2.45) is 0 Å². The summed E-state index contributed by atoms with van der Waals surface area (Å²) in [6.07, 6.45) is 0. The summed E-state index contributed by atoms with van der Waals surface area (Å²) in [7, 11) is 0. The van der Waals surface area contributed by atoms with Gasteiger partial charge in [0.1, 0.15) is 0 Å². The molecule has 2 aromatic carbocycles. The van der Waals surface area contributed by atoms with Gasteiger partial charge in [-0.1, -0.05) is 13.2 Å². The van der Waals surface area contributed by atoms with Crippen molar-refractivity contribution in [1.82, 2.24) is 0 Å². The smallest absolute Gasteiger partial charge is 0 e. The molecule has 0 saturated heterocycles. The van der Waals surface area contributed by atoms with Crippen LogP contribution in [-0.4, -0.2) is 0 Å². The molecule has 0 aliphatic carbocycles. The zero-order valence-corrected chi connectivity index (χ0v) is 14.4. The van der Waals surface area contributed by atoms with E-state index in [9.17, 15) is 0 Å². The molecule has 0 fully saturated rings. The van der Waals surface area contributed by atoms with Gasteiger partial charge in [-0.3, -0.25) is 0 Å². The van der Waals surface area contributed by atoms with Crippen LogP contribution in [0.1, 0.15) is 0 Å². The molecule has 0 atom stereocenters. The molecule has 6 heteroatoms. The van der Waals surface area contributed by atoms with Gasteiger partial charge in [-0.2, -0.15) is 36.4 Å². The molecule has 0 bridgehead atoms. The molecule has 0 unspecified atom stereocenters. The summed E-state index contributed by atoms with van der Waals surface area (Å²) in [6.45, 7) is 24.2. The Labute approximate surface area is 158 Å². The molecule has 0 aromatic heterocycles. The van der Waals surface area contributed by atoms with Crippen LogP contribution in [0.5, 0.6) is 0 Å². The predicted molar refractivity (Wildman–Crippen MR) is 74.6 cm³/mol. The second-order valence-corrected chi connectivity index (χ2v) is 2.17. The topological polar surface area (TPSA) is 79.6 Å². The standard InChI is InChI=1S/2C5H5.C3H4.4CO.2Mn/c2*1-2-4-5-3-1;1-3-2;4*1-2;;/h2*1-5H;1-2H2;;;;;;/q2*-1;;;;;;;. The van der Waals surface area contributed by atoms with Gasteiger partial charge in [0.15, 0.2) is 0 Å². The van der Waals surface area contributed by atoms with Crippen molar-refractivity contribution in [3.8, 4) is 0 Å². The van der Waals surface area contributed by atoms with Gasteiger partial charge in [-0.05, 0) is 0 Å². The van der Waals surface area contributed by atoms with Crippen LogP contribution in [0.25, 0.3) is 0 Å². The Morgan fingerprint density at radius 3 is 0.739 bits per heavy atom.